The molecule has 1 atom stereocenters. The second kappa shape index (κ2) is 34.4. The van der Waals surface area contributed by atoms with E-state index in [1.165, 1.54) is 58.6 Å². The summed E-state index contributed by atoms with van der Waals surface area (Å²) in [5.74, 6) is 0.423. The molecule has 4 aromatic carbocycles. The zero-order valence-electron chi connectivity index (χ0n) is 35.1. The van der Waals surface area contributed by atoms with E-state index in [0.29, 0.717) is 12.5 Å². The van der Waals surface area contributed by atoms with Gasteiger partial charge in [0, 0.05) is 12.5 Å². The van der Waals surface area contributed by atoms with E-state index in [2.05, 4.69) is 172 Å². The minimum absolute atomic E-state index is 0.423. The van der Waals surface area contributed by atoms with Gasteiger partial charge >= 0.3 is 0 Å². The molecule has 0 saturated carbocycles. The lowest BCUT2D eigenvalue weighted by molar-refractivity contribution is 0.865. The maximum absolute atomic E-state index is 5.74. The van der Waals surface area contributed by atoms with Gasteiger partial charge in [0.25, 0.3) is 0 Å². The van der Waals surface area contributed by atoms with E-state index in [1.54, 1.807) is 12.2 Å². The summed E-state index contributed by atoms with van der Waals surface area (Å²) < 4.78 is 0. The van der Waals surface area contributed by atoms with Gasteiger partial charge in [0.05, 0.1) is 0 Å². The number of allylic oxidation sites excluding steroid dienone is 17. The van der Waals surface area contributed by atoms with Crippen molar-refractivity contribution in [2.75, 3.05) is 14.1 Å². The SMILES string of the molecule is C=C/C=C(\C=C/C)c1ccc(/C=C/C)cc1.C=C/C=C/C(CC=C)c1ccccc1.C=C\C=C/C=C/C(=C\C)c1cccc(-c2cccc(CN)c2)c1.CN.CN. The van der Waals surface area contributed by atoms with Crippen molar-refractivity contribution in [1.82, 2.24) is 0 Å². The van der Waals surface area contributed by atoms with Gasteiger partial charge in [-0.05, 0) is 104 Å². The zero-order valence-corrected chi connectivity index (χ0v) is 35.1. The van der Waals surface area contributed by atoms with E-state index in [1.807, 2.05) is 74.6 Å². The third-order valence-corrected chi connectivity index (χ3v) is 8.01. The Morgan fingerprint density at radius 2 is 1.25 bits per heavy atom. The molecule has 0 bridgehead atoms. The standard InChI is InChI=1S/C22H23N.C16H18.C14H16.2CH5N/c1-3-5-6-7-11-19(4-2)21-13-9-14-22(16-21)20-12-8-10-18(15-20)17-23;1-4-7-14-10-12-16(13-11-14)15(8-5-2)9-6-3;1-3-5-10-13(9-4-2)14-11-7-6-8-12-14;2*1-2/h3-16H,1,17,23H2,2H3;4-13H,2H2,1,3H3;3-8,10-13H,1-2,9H2;2*2H2,1H3/b6-5-,11-7+,19-4+;7-4+,9-6-,15-8+;10-5+;;. The predicted octanol–water partition coefficient (Wildman–Crippen LogP) is 13.6. The first kappa shape index (κ1) is 50.9. The first-order valence-electron chi connectivity index (χ1n) is 19.3. The molecule has 4 aromatic rings. The largest absolute Gasteiger partial charge is 0.333 e. The van der Waals surface area contributed by atoms with Gasteiger partial charge in [0.2, 0.25) is 0 Å². The molecule has 0 heterocycles. The topological polar surface area (TPSA) is 78.1 Å². The smallest absolute Gasteiger partial charge is 0.0178 e. The van der Waals surface area contributed by atoms with Crippen molar-refractivity contribution in [1.29, 1.82) is 0 Å². The van der Waals surface area contributed by atoms with Crippen molar-refractivity contribution >= 4 is 17.2 Å². The van der Waals surface area contributed by atoms with Crippen LogP contribution in [0.1, 0.15) is 60.9 Å². The Bertz CT molecular complexity index is 1910. The summed E-state index contributed by atoms with van der Waals surface area (Å²) in [6.45, 7) is 21.5. The predicted molar refractivity (Wildman–Crippen MR) is 260 cm³/mol. The van der Waals surface area contributed by atoms with E-state index in [4.69, 9.17) is 5.73 Å². The van der Waals surface area contributed by atoms with Crippen LogP contribution in [0.4, 0.5) is 0 Å². The second-order valence-corrected chi connectivity index (χ2v) is 11.9. The molecule has 0 fully saturated rings. The van der Waals surface area contributed by atoms with Crippen LogP contribution in [-0.4, -0.2) is 14.1 Å². The number of hydrogen-bond acceptors (Lipinski definition) is 3. The fraction of sp³-hybridized carbons (Fsp3) is 0.148. The first-order chi connectivity index (χ1) is 28.0. The van der Waals surface area contributed by atoms with Gasteiger partial charge in [-0.1, -0.05) is 208 Å². The molecular weight excluding hydrogens is 691 g/mol. The van der Waals surface area contributed by atoms with Crippen molar-refractivity contribution in [3.05, 3.63) is 248 Å². The van der Waals surface area contributed by atoms with Gasteiger partial charge in [-0.25, -0.2) is 0 Å². The lowest BCUT2D eigenvalue weighted by Gasteiger charge is -2.09. The van der Waals surface area contributed by atoms with Crippen LogP contribution >= 0.6 is 0 Å². The normalized spacial score (nSPS) is 11.7. The van der Waals surface area contributed by atoms with Crippen LogP contribution in [0.2, 0.25) is 0 Å². The molecule has 1 unspecified atom stereocenters. The van der Waals surface area contributed by atoms with Crippen LogP contribution in [0.3, 0.4) is 0 Å². The molecule has 0 aliphatic carbocycles. The Hall–Kier alpha value is -6.10. The minimum Gasteiger partial charge on any atom is -0.333 e. The highest BCUT2D eigenvalue weighted by atomic mass is 14.5. The summed E-state index contributed by atoms with van der Waals surface area (Å²) in [5, 5.41) is 0. The van der Waals surface area contributed by atoms with Crippen LogP contribution in [0.5, 0.6) is 0 Å². The Morgan fingerprint density at radius 1 is 0.596 bits per heavy atom. The van der Waals surface area contributed by atoms with Crippen molar-refractivity contribution < 1.29 is 0 Å². The number of nitrogens with two attached hydrogens (primary N) is 3. The molecule has 0 radical (unpaired) electrons. The summed E-state index contributed by atoms with van der Waals surface area (Å²) in [6.07, 6.45) is 32.9. The molecule has 0 amide bonds. The lowest BCUT2D eigenvalue weighted by atomic mass is 9.95. The molecule has 298 valence electrons. The lowest BCUT2D eigenvalue weighted by Crippen LogP contribution is -1.95. The molecule has 0 spiro atoms. The van der Waals surface area contributed by atoms with Crippen LogP contribution in [0.25, 0.3) is 28.3 Å². The molecule has 3 nitrogen and oxygen atoms in total. The zero-order chi connectivity index (χ0) is 42.5. The Balaban J connectivity index is 0.000000817. The molecule has 6 N–H and O–H groups in total. The minimum atomic E-state index is 0.423. The fourth-order valence-electron chi connectivity index (χ4n) is 5.37. The van der Waals surface area contributed by atoms with Crippen molar-refractivity contribution in [3.63, 3.8) is 0 Å². The van der Waals surface area contributed by atoms with Crippen molar-refractivity contribution in [2.45, 2.75) is 39.7 Å². The Morgan fingerprint density at radius 3 is 1.81 bits per heavy atom. The second-order valence-electron chi connectivity index (χ2n) is 11.9. The number of benzene rings is 4. The van der Waals surface area contributed by atoms with Crippen LogP contribution < -0.4 is 17.2 Å². The quantitative estimate of drug-likeness (QED) is 0.0834. The van der Waals surface area contributed by atoms with Gasteiger partial charge in [0.1, 0.15) is 0 Å². The Labute approximate surface area is 346 Å². The molecule has 0 aliphatic rings. The van der Waals surface area contributed by atoms with E-state index < -0.39 is 0 Å². The third kappa shape index (κ3) is 21.0. The summed E-state index contributed by atoms with van der Waals surface area (Å²) in [4.78, 5) is 0. The van der Waals surface area contributed by atoms with Crippen molar-refractivity contribution in [3.8, 4) is 11.1 Å². The molecule has 4 rings (SSSR count). The van der Waals surface area contributed by atoms with Gasteiger partial charge in [0.15, 0.2) is 0 Å². The van der Waals surface area contributed by atoms with Gasteiger partial charge in [-0.2, -0.15) is 0 Å². The first-order valence-corrected chi connectivity index (χ1v) is 19.3. The summed E-state index contributed by atoms with van der Waals surface area (Å²) in [7, 11) is 3.00. The average molecular weight is 758 g/mol. The average Bonchev–Trinajstić information content (AvgIpc) is 3.28. The van der Waals surface area contributed by atoms with Gasteiger partial charge in [-0.15, -0.1) is 6.58 Å². The molecule has 3 heteroatoms. The van der Waals surface area contributed by atoms with Crippen LogP contribution in [-0.2, 0) is 6.54 Å². The highest BCUT2D eigenvalue weighted by molar-refractivity contribution is 5.78. The summed E-state index contributed by atoms with van der Waals surface area (Å²) in [5.41, 5.74) is 25.6. The molecule has 0 saturated heterocycles. The number of hydrogen-bond donors (Lipinski definition) is 3. The monoisotopic (exact) mass is 758 g/mol. The fourth-order valence-corrected chi connectivity index (χ4v) is 5.37. The third-order valence-electron chi connectivity index (χ3n) is 8.01. The molecule has 0 aromatic heterocycles. The van der Waals surface area contributed by atoms with Gasteiger partial charge < -0.3 is 17.2 Å². The molecule has 0 aliphatic heterocycles. The van der Waals surface area contributed by atoms with Gasteiger partial charge in [-0.3, -0.25) is 0 Å². The Kier molecular flexibility index (Phi) is 30.7. The van der Waals surface area contributed by atoms with Crippen LogP contribution in [0, 0.1) is 0 Å². The van der Waals surface area contributed by atoms with Crippen LogP contribution in [0.15, 0.2) is 221 Å². The number of rotatable bonds is 15. The van der Waals surface area contributed by atoms with E-state index >= 15 is 0 Å². The van der Waals surface area contributed by atoms with Crippen molar-refractivity contribution in [2.24, 2.45) is 17.2 Å². The molecule has 57 heavy (non-hydrogen) atoms. The maximum Gasteiger partial charge on any atom is 0.0178 e. The highest BCUT2D eigenvalue weighted by Crippen LogP contribution is 2.26. The summed E-state index contributed by atoms with van der Waals surface area (Å²) >= 11 is 0. The van der Waals surface area contributed by atoms with E-state index in [0.717, 1.165) is 12.0 Å². The van der Waals surface area contributed by atoms with E-state index in [9.17, 15) is 0 Å². The highest BCUT2D eigenvalue weighted by Gasteiger charge is 2.04. The molecular formula is C54H67N3. The van der Waals surface area contributed by atoms with E-state index in [-0.39, 0.29) is 0 Å². The maximum atomic E-state index is 5.74. The summed E-state index contributed by atoms with van der Waals surface area (Å²) in [6, 6.07) is 35.9.